The Hall–Kier alpha value is -2.36. The third kappa shape index (κ3) is 3.89. The van der Waals surface area contributed by atoms with E-state index in [4.69, 9.17) is 9.47 Å². The Morgan fingerprint density at radius 3 is 2.30 bits per heavy atom. The van der Waals surface area contributed by atoms with Gasteiger partial charge in [-0.05, 0) is 56.5 Å². The largest absolute Gasteiger partial charge is 0.491 e. The minimum atomic E-state index is -0.413. The summed E-state index contributed by atoms with van der Waals surface area (Å²) < 4.78 is 25.0. The summed E-state index contributed by atoms with van der Waals surface area (Å²) in [6.07, 6.45) is 1.83. The molecule has 2 aromatic carbocycles. The summed E-state index contributed by atoms with van der Waals surface area (Å²) in [6, 6.07) is 11.8. The van der Waals surface area contributed by atoms with Crippen molar-refractivity contribution in [3.63, 3.8) is 0 Å². The van der Waals surface area contributed by atoms with Crippen molar-refractivity contribution < 1.29 is 18.7 Å². The quantitative estimate of drug-likeness (QED) is 0.598. The van der Waals surface area contributed by atoms with Crippen molar-refractivity contribution in [2.75, 3.05) is 0 Å². The van der Waals surface area contributed by atoms with E-state index in [1.807, 2.05) is 38.1 Å². The van der Waals surface area contributed by atoms with Crippen molar-refractivity contribution >= 4 is 5.97 Å². The molecule has 0 aromatic heterocycles. The van der Waals surface area contributed by atoms with Crippen LogP contribution in [-0.4, -0.2) is 12.1 Å². The number of benzene rings is 2. The lowest BCUT2D eigenvalue weighted by molar-refractivity contribution is -0.135. The highest BCUT2D eigenvalue weighted by molar-refractivity contribution is 5.77. The van der Waals surface area contributed by atoms with Crippen LogP contribution < -0.4 is 9.47 Å². The maximum Gasteiger partial charge on any atom is 0.314 e. The summed E-state index contributed by atoms with van der Waals surface area (Å²) in [5.74, 6) is 0.309. The van der Waals surface area contributed by atoms with E-state index in [9.17, 15) is 9.18 Å². The van der Waals surface area contributed by atoms with Crippen LogP contribution in [0.2, 0.25) is 0 Å². The summed E-state index contributed by atoms with van der Waals surface area (Å²) in [4.78, 5) is 11.6. The lowest BCUT2D eigenvalue weighted by Gasteiger charge is -2.11. The standard InChI is InChI=1S/C19H19FO3/c1-12(2)22-15-7-5-13(6-8-15)17-10-9-16(11-18(17)20)23-19(21)14-3-4-14/h5-12,14H,3-4H2,1-2H3. The van der Waals surface area contributed by atoms with E-state index in [1.54, 1.807) is 12.1 Å². The van der Waals surface area contributed by atoms with Crippen molar-refractivity contribution in [3.8, 4) is 22.6 Å². The zero-order valence-electron chi connectivity index (χ0n) is 13.2. The molecule has 4 heteroatoms. The fraction of sp³-hybridized carbons (Fsp3) is 0.316. The summed E-state index contributed by atoms with van der Waals surface area (Å²) in [6.45, 7) is 3.91. The summed E-state index contributed by atoms with van der Waals surface area (Å²) in [7, 11) is 0. The molecule has 0 saturated heterocycles. The van der Waals surface area contributed by atoms with Crippen molar-refractivity contribution in [2.24, 2.45) is 5.92 Å². The van der Waals surface area contributed by atoms with Crippen molar-refractivity contribution in [1.82, 2.24) is 0 Å². The molecule has 23 heavy (non-hydrogen) atoms. The van der Waals surface area contributed by atoms with Gasteiger partial charge in [0.05, 0.1) is 12.0 Å². The van der Waals surface area contributed by atoms with Gasteiger partial charge in [0.2, 0.25) is 0 Å². The first kappa shape index (κ1) is 15.5. The molecule has 2 aromatic rings. The summed E-state index contributed by atoms with van der Waals surface area (Å²) in [5, 5.41) is 0. The average Bonchev–Trinajstić information content (AvgIpc) is 3.32. The van der Waals surface area contributed by atoms with E-state index in [0.29, 0.717) is 5.56 Å². The Labute approximate surface area is 135 Å². The first-order valence-electron chi connectivity index (χ1n) is 7.81. The number of carbonyl (C=O) groups is 1. The highest BCUT2D eigenvalue weighted by atomic mass is 19.1. The fourth-order valence-corrected chi connectivity index (χ4v) is 2.30. The van der Waals surface area contributed by atoms with Gasteiger partial charge in [0.25, 0.3) is 0 Å². The molecule has 1 aliphatic rings. The number of carbonyl (C=O) groups excluding carboxylic acids is 1. The Kier molecular flexibility index (Phi) is 4.33. The second-order valence-corrected chi connectivity index (χ2v) is 6.03. The van der Waals surface area contributed by atoms with Gasteiger partial charge in [-0.25, -0.2) is 4.39 Å². The van der Waals surface area contributed by atoms with E-state index in [2.05, 4.69) is 0 Å². The van der Waals surface area contributed by atoms with Crippen LogP contribution in [0.4, 0.5) is 4.39 Å². The number of ether oxygens (including phenoxy) is 2. The topological polar surface area (TPSA) is 35.5 Å². The summed E-state index contributed by atoms with van der Waals surface area (Å²) >= 11 is 0. The number of hydrogen-bond acceptors (Lipinski definition) is 3. The predicted molar refractivity (Wildman–Crippen MR) is 86.0 cm³/mol. The van der Waals surface area contributed by atoms with E-state index in [0.717, 1.165) is 24.2 Å². The van der Waals surface area contributed by atoms with Crippen LogP contribution in [0.1, 0.15) is 26.7 Å². The van der Waals surface area contributed by atoms with Crippen molar-refractivity contribution in [1.29, 1.82) is 0 Å². The molecule has 0 atom stereocenters. The van der Waals surface area contributed by atoms with Gasteiger partial charge in [-0.2, -0.15) is 0 Å². The molecule has 0 aliphatic heterocycles. The van der Waals surface area contributed by atoms with Crippen molar-refractivity contribution in [3.05, 3.63) is 48.3 Å². The third-order valence-corrected chi connectivity index (χ3v) is 3.61. The molecule has 1 aliphatic carbocycles. The molecule has 1 saturated carbocycles. The molecule has 120 valence electrons. The molecule has 0 bridgehead atoms. The second kappa shape index (κ2) is 6.41. The predicted octanol–water partition coefficient (Wildman–Crippen LogP) is 4.60. The molecular formula is C19H19FO3. The zero-order chi connectivity index (χ0) is 16.4. The Bertz CT molecular complexity index is 703. The SMILES string of the molecule is CC(C)Oc1ccc(-c2ccc(OC(=O)C3CC3)cc2F)cc1. The van der Waals surface area contributed by atoms with Crippen LogP contribution in [0.15, 0.2) is 42.5 Å². The van der Waals surface area contributed by atoms with Gasteiger partial charge in [0, 0.05) is 11.6 Å². The van der Waals surface area contributed by atoms with Gasteiger partial charge in [-0.3, -0.25) is 4.79 Å². The maximum absolute atomic E-state index is 14.3. The fourth-order valence-electron chi connectivity index (χ4n) is 2.30. The first-order chi connectivity index (χ1) is 11.0. The van der Waals surface area contributed by atoms with Crippen LogP contribution in [-0.2, 0) is 4.79 Å². The van der Waals surface area contributed by atoms with E-state index < -0.39 is 5.82 Å². The van der Waals surface area contributed by atoms with Crippen molar-refractivity contribution in [2.45, 2.75) is 32.8 Å². The molecule has 0 unspecified atom stereocenters. The maximum atomic E-state index is 14.3. The Morgan fingerprint density at radius 1 is 1.09 bits per heavy atom. The van der Waals surface area contributed by atoms with E-state index in [1.165, 1.54) is 6.07 Å². The Morgan fingerprint density at radius 2 is 1.74 bits per heavy atom. The lowest BCUT2D eigenvalue weighted by atomic mass is 10.0. The highest BCUT2D eigenvalue weighted by Gasteiger charge is 2.31. The molecule has 0 spiro atoms. The monoisotopic (exact) mass is 314 g/mol. The average molecular weight is 314 g/mol. The molecular weight excluding hydrogens is 295 g/mol. The lowest BCUT2D eigenvalue weighted by Crippen LogP contribution is -2.09. The number of hydrogen-bond donors (Lipinski definition) is 0. The number of halogens is 1. The zero-order valence-corrected chi connectivity index (χ0v) is 13.2. The van der Waals surface area contributed by atoms with Crippen LogP contribution in [0.25, 0.3) is 11.1 Å². The molecule has 0 amide bonds. The smallest absolute Gasteiger partial charge is 0.314 e. The van der Waals surface area contributed by atoms with Gasteiger partial charge in [0.15, 0.2) is 0 Å². The minimum absolute atomic E-state index is 0.00811. The van der Waals surface area contributed by atoms with Gasteiger partial charge < -0.3 is 9.47 Å². The number of rotatable bonds is 5. The normalized spacial score (nSPS) is 13.9. The first-order valence-corrected chi connectivity index (χ1v) is 7.81. The minimum Gasteiger partial charge on any atom is -0.491 e. The molecule has 0 radical (unpaired) electrons. The molecule has 0 N–H and O–H groups in total. The van der Waals surface area contributed by atoms with E-state index >= 15 is 0 Å². The van der Waals surface area contributed by atoms with Gasteiger partial charge in [-0.15, -0.1) is 0 Å². The Balaban J connectivity index is 1.75. The van der Waals surface area contributed by atoms with Crippen LogP contribution in [0, 0.1) is 11.7 Å². The van der Waals surface area contributed by atoms with Crippen LogP contribution >= 0.6 is 0 Å². The van der Waals surface area contributed by atoms with Gasteiger partial charge in [-0.1, -0.05) is 12.1 Å². The van der Waals surface area contributed by atoms with Crippen LogP contribution in [0.5, 0.6) is 11.5 Å². The highest BCUT2D eigenvalue weighted by Crippen LogP contribution is 2.32. The van der Waals surface area contributed by atoms with Gasteiger partial charge in [0.1, 0.15) is 17.3 Å². The molecule has 0 heterocycles. The third-order valence-electron chi connectivity index (χ3n) is 3.61. The molecule has 3 nitrogen and oxygen atoms in total. The molecule has 1 fully saturated rings. The van der Waals surface area contributed by atoms with Gasteiger partial charge >= 0.3 is 5.97 Å². The number of esters is 1. The van der Waals surface area contributed by atoms with Crippen LogP contribution in [0.3, 0.4) is 0 Å². The van der Waals surface area contributed by atoms with E-state index in [-0.39, 0.29) is 23.7 Å². The summed E-state index contributed by atoms with van der Waals surface area (Å²) in [5.41, 5.74) is 1.21. The second-order valence-electron chi connectivity index (χ2n) is 6.03. The molecule has 3 rings (SSSR count).